The third-order valence-corrected chi connectivity index (χ3v) is 5.37. The van der Waals surface area contributed by atoms with Crippen LogP contribution in [-0.2, 0) is 11.3 Å². The Balaban J connectivity index is 1.46. The Morgan fingerprint density at radius 1 is 1.10 bits per heavy atom. The van der Waals surface area contributed by atoms with Crippen LogP contribution >= 0.6 is 0 Å². The molecule has 0 bridgehead atoms. The van der Waals surface area contributed by atoms with Crippen molar-refractivity contribution in [2.75, 3.05) is 6.54 Å². The Hall–Kier alpha value is -3.15. The summed E-state index contributed by atoms with van der Waals surface area (Å²) >= 11 is 0. The molecule has 1 saturated carbocycles. The first-order valence-electron chi connectivity index (χ1n) is 10.3. The number of nitrogens with zero attached hydrogens (tertiary/aromatic N) is 3. The van der Waals surface area contributed by atoms with Crippen LogP contribution in [0.25, 0.3) is 5.69 Å². The minimum atomic E-state index is -0.183. The monoisotopic (exact) mass is 390 g/mol. The first-order valence-corrected chi connectivity index (χ1v) is 10.3. The lowest BCUT2D eigenvalue weighted by Crippen LogP contribution is -2.34. The summed E-state index contributed by atoms with van der Waals surface area (Å²) in [5, 5.41) is 7.56. The average molecular weight is 390 g/mol. The molecular weight excluding hydrogens is 364 g/mol. The fourth-order valence-corrected chi connectivity index (χ4v) is 3.66. The number of benzene rings is 2. The number of para-hydroxylation sites is 1. The van der Waals surface area contributed by atoms with Crippen molar-refractivity contribution in [3.8, 4) is 5.69 Å². The van der Waals surface area contributed by atoms with E-state index in [0.29, 0.717) is 19.0 Å². The zero-order chi connectivity index (χ0) is 20.2. The highest BCUT2D eigenvalue weighted by Gasteiger charge is 2.31. The molecule has 0 saturated heterocycles. The van der Waals surface area contributed by atoms with Crippen LogP contribution in [0.1, 0.15) is 49.4 Å². The summed E-state index contributed by atoms with van der Waals surface area (Å²) in [7, 11) is 0. The Kier molecular flexibility index (Phi) is 5.60. The van der Waals surface area contributed by atoms with Gasteiger partial charge in [0, 0.05) is 12.5 Å². The third-order valence-electron chi connectivity index (χ3n) is 5.37. The molecule has 0 radical (unpaired) electrons. The molecule has 1 fully saturated rings. The number of carbonyl (C=O) groups is 1. The van der Waals surface area contributed by atoms with Crippen LogP contribution in [0, 0.1) is 0 Å². The maximum atomic E-state index is 13.0. The van der Waals surface area contributed by atoms with Crippen LogP contribution in [-0.4, -0.2) is 26.8 Å². The largest absolute Gasteiger partial charge is 0.354 e. The van der Waals surface area contributed by atoms with Gasteiger partial charge in [-0.25, -0.2) is 14.0 Å². The molecular formula is C23H26N4O2. The van der Waals surface area contributed by atoms with E-state index in [4.69, 9.17) is 0 Å². The van der Waals surface area contributed by atoms with Crippen molar-refractivity contribution in [2.24, 2.45) is 0 Å². The Labute approximate surface area is 170 Å². The number of hydrogen-bond acceptors (Lipinski definition) is 3. The lowest BCUT2D eigenvalue weighted by Gasteiger charge is -2.15. The Morgan fingerprint density at radius 3 is 2.38 bits per heavy atom. The second-order valence-corrected chi connectivity index (χ2v) is 7.47. The smallest absolute Gasteiger partial charge is 0.350 e. The van der Waals surface area contributed by atoms with Gasteiger partial charge in [0.05, 0.1) is 18.2 Å². The Bertz CT molecular complexity index is 1020. The normalized spacial score (nSPS) is 14.5. The second-order valence-electron chi connectivity index (χ2n) is 7.47. The van der Waals surface area contributed by atoms with Gasteiger partial charge in [-0.15, -0.1) is 0 Å². The van der Waals surface area contributed by atoms with Crippen LogP contribution in [0.2, 0.25) is 0 Å². The Morgan fingerprint density at radius 2 is 1.76 bits per heavy atom. The predicted octanol–water partition coefficient (Wildman–Crippen LogP) is 3.22. The van der Waals surface area contributed by atoms with Crippen molar-refractivity contribution in [3.63, 3.8) is 0 Å². The minimum absolute atomic E-state index is 0.0170. The summed E-state index contributed by atoms with van der Waals surface area (Å²) in [6.07, 6.45) is 2.86. The lowest BCUT2D eigenvalue weighted by molar-refractivity contribution is -0.122. The van der Waals surface area contributed by atoms with Gasteiger partial charge in [-0.3, -0.25) is 4.79 Å². The quantitative estimate of drug-likeness (QED) is 0.642. The SMILES string of the molecule is CCC(C(=O)NCCn1nc(C2CC2)n(-c2ccccc2)c1=O)c1ccccc1. The van der Waals surface area contributed by atoms with Gasteiger partial charge in [0.1, 0.15) is 5.82 Å². The second kappa shape index (κ2) is 8.47. The van der Waals surface area contributed by atoms with Gasteiger partial charge in [-0.05, 0) is 37.0 Å². The van der Waals surface area contributed by atoms with Crippen molar-refractivity contribution < 1.29 is 4.79 Å². The van der Waals surface area contributed by atoms with Gasteiger partial charge < -0.3 is 5.32 Å². The van der Waals surface area contributed by atoms with Crippen molar-refractivity contribution in [1.29, 1.82) is 0 Å². The first-order chi connectivity index (χ1) is 14.2. The zero-order valence-corrected chi connectivity index (χ0v) is 16.6. The molecule has 1 amide bonds. The van der Waals surface area contributed by atoms with Crippen molar-refractivity contribution in [2.45, 2.75) is 44.6 Å². The summed E-state index contributed by atoms with van der Waals surface area (Å²) in [5.74, 6) is 0.970. The number of rotatable bonds is 8. The first kappa shape index (κ1) is 19.2. The van der Waals surface area contributed by atoms with Crippen LogP contribution < -0.4 is 11.0 Å². The van der Waals surface area contributed by atoms with Crippen LogP contribution in [0.15, 0.2) is 65.5 Å². The molecule has 1 aliphatic carbocycles. The van der Waals surface area contributed by atoms with Crippen molar-refractivity contribution in [3.05, 3.63) is 82.5 Å². The molecule has 4 rings (SSSR count). The third kappa shape index (κ3) is 4.16. The highest BCUT2D eigenvalue weighted by atomic mass is 16.2. The summed E-state index contributed by atoms with van der Waals surface area (Å²) in [4.78, 5) is 25.6. The van der Waals surface area contributed by atoms with Gasteiger partial charge >= 0.3 is 5.69 Å². The molecule has 1 atom stereocenters. The van der Waals surface area contributed by atoms with Gasteiger partial charge in [0.2, 0.25) is 5.91 Å². The van der Waals surface area contributed by atoms with E-state index in [1.165, 1.54) is 4.68 Å². The summed E-state index contributed by atoms with van der Waals surface area (Å²) in [6.45, 7) is 2.73. The van der Waals surface area contributed by atoms with Crippen LogP contribution in [0.3, 0.4) is 0 Å². The van der Waals surface area contributed by atoms with Crippen LogP contribution in [0.5, 0.6) is 0 Å². The predicted molar refractivity (Wildman–Crippen MR) is 112 cm³/mol. The van der Waals surface area contributed by atoms with E-state index in [0.717, 1.165) is 36.3 Å². The van der Waals surface area contributed by atoms with E-state index in [9.17, 15) is 9.59 Å². The van der Waals surface area contributed by atoms with E-state index in [1.54, 1.807) is 4.57 Å². The number of hydrogen-bond donors (Lipinski definition) is 1. The molecule has 6 heteroatoms. The van der Waals surface area contributed by atoms with E-state index in [-0.39, 0.29) is 17.5 Å². The molecule has 3 aromatic rings. The molecule has 29 heavy (non-hydrogen) atoms. The number of amides is 1. The fourth-order valence-electron chi connectivity index (χ4n) is 3.66. The highest BCUT2D eigenvalue weighted by Crippen LogP contribution is 2.39. The van der Waals surface area contributed by atoms with E-state index < -0.39 is 0 Å². The molecule has 6 nitrogen and oxygen atoms in total. The summed E-state index contributed by atoms with van der Waals surface area (Å²) in [6, 6.07) is 19.4. The molecule has 1 N–H and O–H groups in total. The highest BCUT2D eigenvalue weighted by molar-refractivity contribution is 5.83. The maximum absolute atomic E-state index is 13.0. The minimum Gasteiger partial charge on any atom is -0.354 e. The van der Waals surface area contributed by atoms with E-state index >= 15 is 0 Å². The molecule has 1 aromatic heterocycles. The van der Waals surface area contributed by atoms with Gasteiger partial charge in [-0.1, -0.05) is 55.5 Å². The number of nitrogens with one attached hydrogen (secondary N) is 1. The molecule has 1 unspecified atom stereocenters. The van der Waals surface area contributed by atoms with E-state index in [2.05, 4.69) is 10.4 Å². The van der Waals surface area contributed by atoms with Gasteiger partial charge in [0.15, 0.2) is 0 Å². The average Bonchev–Trinajstić information content (AvgIpc) is 3.54. The number of carbonyl (C=O) groups excluding carboxylic acids is 1. The topological polar surface area (TPSA) is 68.9 Å². The van der Waals surface area contributed by atoms with Crippen LogP contribution in [0.4, 0.5) is 0 Å². The maximum Gasteiger partial charge on any atom is 0.350 e. The van der Waals surface area contributed by atoms with E-state index in [1.807, 2.05) is 67.6 Å². The van der Waals surface area contributed by atoms with Crippen molar-refractivity contribution in [1.82, 2.24) is 19.7 Å². The molecule has 0 spiro atoms. The molecule has 1 heterocycles. The molecule has 150 valence electrons. The van der Waals surface area contributed by atoms with Crippen molar-refractivity contribution >= 4 is 5.91 Å². The lowest BCUT2D eigenvalue weighted by atomic mass is 9.96. The van der Waals surface area contributed by atoms with Gasteiger partial charge in [-0.2, -0.15) is 5.10 Å². The molecule has 2 aromatic carbocycles. The molecule has 1 aliphatic rings. The molecule has 0 aliphatic heterocycles. The summed E-state index contributed by atoms with van der Waals surface area (Å²) < 4.78 is 3.18. The van der Waals surface area contributed by atoms with Gasteiger partial charge in [0.25, 0.3) is 0 Å². The summed E-state index contributed by atoms with van der Waals surface area (Å²) in [5.41, 5.74) is 1.70. The standard InChI is InChI=1S/C23H26N4O2/c1-2-20(17-9-5-3-6-10-17)22(28)24-15-16-26-23(29)27(19-11-7-4-8-12-19)21(25-26)18-13-14-18/h3-12,18,20H,2,13-16H2,1H3,(H,24,28). The fraction of sp³-hybridized carbons (Fsp3) is 0.348. The number of aromatic nitrogens is 3. The zero-order valence-electron chi connectivity index (χ0n) is 16.6.